The number of nitrogens with one attached hydrogen (secondary N) is 1. The zero-order valence-electron chi connectivity index (χ0n) is 13.4. The molecule has 0 saturated heterocycles. The van der Waals surface area contributed by atoms with Crippen LogP contribution in [0.15, 0.2) is 4.79 Å². The fourth-order valence-corrected chi connectivity index (χ4v) is 5.22. The highest BCUT2D eigenvalue weighted by Gasteiger charge is 2.30. The molecule has 124 valence electrons. The first-order valence-corrected chi connectivity index (χ1v) is 9.97. The number of hydrogen-bond donors (Lipinski definition) is 1. The fraction of sp³-hybridized carbons (Fsp3) is 0.733. The molecule has 7 heteroatoms. The quantitative estimate of drug-likeness (QED) is 0.884. The van der Waals surface area contributed by atoms with Gasteiger partial charge in [-0.2, -0.15) is 0 Å². The van der Waals surface area contributed by atoms with E-state index in [4.69, 9.17) is 0 Å². The van der Waals surface area contributed by atoms with Crippen LogP contribution in [0, 0.1) is 13.8 Å². The summed E-state index contributed by atoms with van der Waals surface area (Å²) in [6.45, 7) is 5.71. The summed E-state index contributed by atoms with van der Waals surface area (Å²) in [4.78, 5) is 25.0. The van der Waals surface area contributed by atoms with Crippen LogP contribution in [0.25, 0.3) is 0 Å². The summed E-state index contributed by atoms with van der Waals surface area (Å²) in [6, 6.07) is -0.0298. The summed E-state index contributed by atoms with van der Waals surface area (Å²) in [5, 5.41) is 3.06. The molecular weight excluding hydrogens is 320 g/mol. The van der Waals surface area contributed by atoms with E-state index in [1.54, 1.807) is 0 Å². The third kappa shape index (κ3) is 3.87. The van der Waals surface area contributed by atoms with E-state index >= 15 is 0 Å². The number of aryl methyl sites for hydroxylation is 1. The van der Waals surface area contributed by atoms with Gasteiger partial charge >= 0.3 is 4.87 Å². The molecule has 5 nitrogen and oxygen atoms in total. The van der Waals surface area contributed by atoms with Gasteiger partial charge < -0.3 is 5.32 Å². The number of amides is 1. The molecule has 22 heavy (non-hydrogen) atoms. The van der Waals surface area contributed by atoms with Gasteiger partial charge in [0.05, 0.1) is 5.25 Å². The van der Waals surface area contributed by atoms with Gasteiger partial charge in [0.15, 0.2) is 0 Å². The molecular formula is C15H24N2O3S2. The van der Waals surface area contributed by atoms with Gasteiger partial charge in [-0.15, -0.1) is 0 Å². The molecule has 1 aliphatic rings. The Morgan fingerprint density at radius 1 is 1.36 bits per heavy atom. The zero-order chi connectivity index (χ0) is 16.3. The maximum absolute atomic E-state index is 12.3. The molecule has 0 aliphatic heterocycles. The van der Waals surface area contributed by atoms with Gasteiger partial charge in [-0.05, 0) is 26.7 Å². The van der Waals surface area contributed by atoms with Crippen molar-refractivity contribution in [2.45, 2.75) is 64.3 Å². The minimum absolute atomic E-state index is 0.0298. The Balaban J connectivity index is 2.04. The Hall–Kier alpha value is -0.950. The number of rotatable bonds is 5. The van der Waals surface area contributed by atoms with E-state index in [1.165, 1.54) is 15.9 Å². The van der Waals surface area contributed by atoms with Gasteiger partial charge in [0, 0.05) is 33.2 Å². The summed E-state index contributed by atoms with van der Waals surface area (Å²) >= 11 is 1.17. The average Bonchev–Trinajstić information content (AvgIpc) is 2.73. The van der Waals surface area contributed by atoms with Crippen LogP contribution in [0.2, 0.25) is 0 Å². The number of carbonyl (C=O) groups is 1. The lowest BCUT2D eigenvalue weighted by Crippen LogP contribution is -2.48. The second-order valence-corrected chi connectivity index (χ2v) is 8.87. The van der Waals surface area contributed by atoms with Crippen molar-refractivity contribution in [1.82, 2.24) is 9.88 Å². The topological polar surface area (TPSA) is 68.2 Å². The SMILES string of the molecule is CC[S@](=O)[C@@H]1CCCC[C@@H]1NC(=O)Cn1c(C)c(C)sc1=O. The largest absolute Gasteiger partial charge is 0.351 e. The summed E-state index contributed by atoms with van der Waals surface area (Å²) in [5.74, 6) is 0.465. The predicted octanol–water partition coefficient (Wildman–Crippen LogP) is 1.72. The Kier molecular flexibility index (Phi) is 5.97. The molecule has 1 heterocycles. The number of thiazole rings is 1. The van der Waals surface area contributed by atoms with E-state index in [0.29, 0.717) is 5.75 Å². The zero-order valence-corrected chi connectivity index (χ0v) is 15.0. The first-order valence-electron chi connectivity index (χ1n) is 7.77. The van der Waals surface area contributed by atoms with E-state index in [0.717, 1.165) is 36.3 Å². The first kappa shape index (κ1) is 17.4. The molecule has 1 aromatic heterocycles. The van der Waals surface area contributed by atoms with Gasteiger partial charge in [0.25, 0.3) is 0 Å². The number of nitrogens with zero attached hydrogens (tertiary/aromatic N) is 1. The van der Waals surface area contributed by atoms with Crippen LogP contribution in [0.1, 0.15) is 43.2 Å². The number of hydrogen-bond acceptors (Lipinski definition) is 4. The molecule has 0 spiro atoms. The van der Waals surface area contributed by atoms with E-state index < -0.39 is 10.8 Å². The van der Waals surface area contributed by atoms with Crippen LogP contribution in [0.5, 0.6) is 0 Å². The Morgan fingerprint density at radius 3 is 2.64 bits per heavy atom. The van der Waals surface area contributed by atoms with Crippen molar-refractivity contribution < 1.29 is 9.00 Å². The third-order valence-electron chi connectivity index (χ3n) is 4.35. The normalized spacial score (nSPS) is 23.2. The Bertz CT molecular complexity index is 621. The van der Waals surface area contributed by atoms with Gasteiger partial charge in [0.1, 0.15) is 6.54 Å². The highest BCUT2D eigenvalue weighted by molar-refractivity contribution is 7.85. The maximum Gasteiger partial charge on any atom is 0.308 e. The highest BCUT2D eigenvalue weighted by atomic mass is 32.2. The summed E-state index contributed by atoms with van der Waals surface area (Å²) in [7, 11) is -0.892. The van der Waals surface area contributed by atoms with Crippen molar-refractivity contribution >= 4 is 28.0 Å². The van der Waals surface area contributed by atoms with Crippen molar-refractivity contribution in [3.8, 4) is 0 Å². The molecule has 0 aromatic carbocycles. The minimum Gasteiger partial charge on any atom is -0.351 e. The Labute approximate surface area is 137 Å². The number of aromatic nitrogens is 1. The fourth-order valence-electron chi connectivity index (χ4n) is 2.96. The van der Waals surface area contributed by atoms with E-state index in [2.05, 4.69) is 5.32 Å². The van der Waals surface area contributed by atoms with Crippen molar-refractivity contribution in [1.29, 1.82) is 0 Å². The predicted molar refractivity (Wildman–Crippen MR) is 90.9 cm³/mol. The molecule has 1 N–H and O–H groups in total. The standard InChI is InChI=1S/C15H24N2O3S2/c1-4-22(20)13-8-6-5-7-12(13)16-14(18)9-17-10(2)11(3)21-15(17)19/h12-13H,4-9H2,1-3H3,(H,16,18)/t12-,13+,22-/m0/s1. The lowest BCUT2D eigenvalue weighted by Gasteiger charge is -2.31. The average molecular weight is 345 g/mol. The summed E-state index contributed by atoms with van der Waals surface area (Å²) in [5.41, 5.74) is 0.850. The lowest BCUT2D eigenvalue weighted by molar-refractivity contribution is -0.122. The van der Waals surface area contributed by atoms with Crippen LogP contribution in [-0.4, -0.2) is 31.7 Å². The van der Waals surface area contributed by atoms with Crippen LogP contribution in [0.4, 0.5) is 0 Å². The summed E-state index contributed by atoms with van der Waals surface area (Å²) < 4.78 is 13.7. The molecule has 1 aliphatic carbocycles. The van der Waals surface area contributed by atoms with Gasteiger partial charge in [0.2, 0.25) is 5.91 Å². The third-order valence-corrected chi connectivity index (χ3v) is 7.15. The van der Waals surface area contributed by atoms with Gasteiger partial charge in [-0.3, -0.25) is 18.4 Å². The molecule has 1 saturated carbocycles. The van der Waals surface area contributed by atoms with Crippen LogP contribution >= 0.6 is 11.3 Å². The van der Waals surface area contributed by atoms with E-state index in [9.17, 15) is 13.8 Å². The van der Waals surface area contributed by atoms with Crippen molar-refractivity contribution in [2.24, 2.45) is 0 Å². The van der Waals surface area contributed by atoms with Crippen molar-refractivity contribution in [3.63, 3.8) is 0 Å². The lowest BCUT2D eigenvalue weighted by atomic mass is 9.95. The van der Waals surface area contributed by atoms with E-state index in [1.807, 2.05) is 20.8 Å². The van der Waals surface area contributed by atoms with E-state index in [-0.39, 0.29) is 28.6 Å². The number of carbonyl (C=O) groups excluding carboxylic acids is 1. The minimum atomic E-state index is -0.892. The monoisotopic (exact) mass is 344 g/mol. The van der Waals surface area contributed by atoms with Crippen LogP contribution in [-0.2, 0) is 22.1 Å². The molecule has 3 atom stereocenters. The van der Waals surface area contributed by atoms with Gasteiger partial charge in [-0.25, -0.2) is 0 Å². The van der Waals surface area contributed by atoms with Gasteiger partial charge in [-0.1, -0.05) is 31.1 Å². The maximum atomic E-state index is 12.3. The summed E-state index contributed by atoms with van der Waals surface area (Å²) in [6.07, 6.45) is 3.91. The van der Waals surface area contributed by atoms with Crippen LogP contribution < -0.4 is 10.2 Å². The molecule has 0 unspecified atom stereocenters. The molecule has 1 amide bonds. The Morgan fingerprint density at radius 2 is 2.05 bits per heavy atom. The molecule has 1 aromatic rings. The molecule has 1 fully saturated rings. The first-order chi connectivity index (χ1) is 10.4. The van der Waals surface area contributed by atoms with Crippen molar-refractivity contribution in [3.05, 3.63) is 20.2 Å². The van der Waals surface area contributed by atoms with Crippen molar-refractivity contribution in [2.75, 3.05) is 5.75 Å². The molecule has 2 rings (SSSR count). The second kappa shape index (κ2) is 7.55. The molecule has 0 bridgehead atoms. The highest BCUT2D eigenvalue weighted by Crippen LogP contribution is 2.23. The van der Waals surface area contributed by atoms with Crippen LogP contribution in [0.3, 0.4) is 0 Å². The smallest absolute Gasteiger partial charge is 0.308 e. The molecule has 0 radical (unpaired) electrons. The second-order valence-electron chi connectivity index (χ2n) is 5.76.